The number of benzene rings is 3. The van der Waals surface area contributed by atoms with E-state index in [0.29, 0.717) is 34.9 Å². The Balaban J connectivity index is 1.73. The minimum absolute atomic E-state index is 0.117. The molecule has 0 aliphatic carbocycles. The second-order valence-electron chi connectivity index (χ2n) is 7.21. The van der Waals surface area contributed by atoms with Gasteiger partial charge in [-0.1, -0.05) is 36.4 Å². The molecule has 0 saturated heterocycles. The van der Waals surface area contributed by atoms with Crippen molar-refractivity contribution in [3.63, 3.8) is 0 Å². The molecule has 0 aliphatic rings. The summed E-state index contributed by atoms with van der Waals surface area (Å²) in [6, 6.07) is 23.0. The summed E-state index contributed by atoms with van der Waals surface area (Å²) < 4.78 is 20.1. The zero-order chi connectivity index (χ0) is 23.2. The van der Waals surface area contributed by atoms with Crippen LogP contribution in [0.2, 0.25) is 0 Å². The normalized spacial score (nSPS) is 10.3. The Kier molecular flexibility index (Phi) is 6.36. The maximum Gasteiger partial charge on any atom is 0.149 e. The van der Waals surface area contributed by atoms with Crippen LogP contribution in [0.1, 0.15) is 16.7 Å². The molecule has 3 aromatic carbocycles. The molecule has 4 rings (SSSR count). The van der Waals surface area contributed by atoms with Crippen molar-refractivity contribution < 1.29 is 9.13 Å². The fourth-order valence-corrected chi connectivity index (χ4v) is 3.45. The van der Waals surface area contributed by atoms with Gasteiger partial charge in [0.1, 0.15) is 23.4 Å². The Morgan fingerprint density at radius 3 is 2.48 bits per heavy atom. The fraction of sp³-hybridized carbons (Fsp3) is 0.0769. The number of hydrogen-bond acceptors (Lipinski definition) is 6. The molecule has 6 nitrogen and oxygen atoms in total. The first kappa shape index (κ1) is 21.6. The number of ether oxygens (including phenoxy) is 1. The topological polar surface area (TPSA) is 109 Å². The van der Waals surface area contributed by atoms with Crippen LogP contribution in [0.15, 0.2) is 72.9 Å². The van der Waals surface area contributed by atoms with E-state index in [2.05, 4.69) is 16.3 Å². The second-order valence-corrected chi connectivity index (χ2v) is 7.21. The molecular weight excluding hydrogens is 417 g/mol. The summed E-state index contributed by atoms with van der Waals surface area (Å²) in [4.78, 5) is 0. The Bertz CT molecular complexity index is 1390. The number of halogens is 1. The highest BCUT2D eigenvalue weighted by atomic mass is 19.1. The summed E-state index contributed by atoms with van der Waals surface area (Å²) in [6.07, 6.45) is 2.20. The van der Waals surface area contributed by atoms with Gasteiger partial charge in [-0.15, -0.1) is 0 Å². The van der Waals surface area contributed by atoms with E-state index in [-0.39, 0.29) is 5.56 Å². The average molecular weight is 435 g/mol. The molecule has 0 saturated carbocycles. The van der Waals surface area contributed by atoms with E-state index in [9.17, 15) is 14.9 Å². The molecule has 0 atom stereocenters. The third-order valence-corrected chi connectivity index (χ3v) is 5.07. The summed E-state index contributed by atoms with van der Waals surface area (Å²) in [7, 11) is 0. The number of aromatic nitrogens is 2. The lowest BCUT2D eigenvalue weighted by atomic mass is 10.0. The SMILES string of the molecule is N#Cc1ccc(-c2ccc(CCN)cc2)c(Oc2cnnc(-c3cccc(F)c3C#N)c2)c1. The first-order chi connectivity index (χ1) is 16.1. The van der Waals surface area contributed by atoms with Gasteiger partial charge >= 0.3 is 0 Å². The van der Waals surface area contributed by atoms with E-state index < -0.39 is 5.82 Å². The van der Waals surface area contributed by atoms with Crippen LogP contribution in [0.3, 0.4) is 0 Å². The maximum atomic E-state index is 14.0. The molecule has 7 heteroatoms. The molecule has 0 fully saturated rings. The predicted molar refractivity (Wildman–Crippen MR) is 122 cm³/mol. The van der Waals surface area contributed by atoms with Gasteiger partial charge in [-0.25, -0.2) is 4.39 Å². The second kappa shape index (κ2) is 9.69. The molecule has 4 aromatic rings. The van der Waals surface area contributed by atoms with Gasteiger partial charge in [0.2, 0.25) is 0 Å². The monoisotopic (exact) mass is 435 g/mol. The molecule has 0 bridgehead atoms. The van der Waals surface area contributed by atoms with Crippen molar-refractivity contribution in [2.75, 3.05) is 6.54 Å². The smallest absolute Gasteiger partial charge is 0.149 e. The molecule has 1 heterocycles. The zero-order valence-electron chi connectivity index (χ0n) is 17.5. The summed E-state index contributed by atoms with van der Waals surface area (Å²) >= 11 is 0. The molecule has 0 aliphatic heterocycles. The van der Waals surface area contributed by atoms with Gasteiger partial charge in [0.05, 0.1) is 29.1 Å². The van der Waals surface area contributed by atoms with Gasteiger partial charge in [-0.2, -0.15) is 20.7 Å². The van der Waals surface area contributed by atoms with Crippen LogP contribution in [-0.4, -0.2) is 16.7 Å². The van der Waals surface area contributed by atoms with E-state index in [1.165, 1.54) is 18.3 Å². The molecule has 2 N–H and O–H groups in total. The van der Waals surface area contributed by atoms with Crippen molar-refractivity contribution in [2.45, 2.75) is 6.42 Å². The van der Waals surface area contributed by atoms with E-state index in [4.69, 9.17) is 10.5 Å². The summed E-state index contributed by atoms with van der Waals surface area (Å²) in [6.45, 7) is 0.570. The van der Waals surface area contributed by atoms with Crippen molar-refractivity contribution in [1.29, 1.82) is 10.5 Å². The van der Waals surface area contributed by atoms with Crippen LogP contribution in [0, 0.1) is 28.5 Å². The summed E-state index contributed by atoms with van der Waals surface area (Å²) in [5.41, 5.74) is 9.40. The van der Waals surface area contributed by atoms with Crippen LogP contribution in [0.5, 0.6) is 11.5 Å². The molecule has 160 valence electrons. The lowest BCUT2D eigenvalue weighted by Gasteiger charge is -2.13. The van der Waals surface area contributed by atoms with Gasteiger partial charge in [0.25, 0.3) is 0 Å². The lowest BCUT2D eigenvalue weighted by Crippen LogP contribution is -2.02. The van der Waals surface area contributed by atoms with Gasteiger partial charge in [0, 0.05) is 17.2 Å². The number of hydrogen-bond donors (Lipinski definition) is 1. The van der Waals surface area contributed by atoms with Gasteiger partial charge in [0.15, 0.2) is 0 Å². The predicted octanol–water partition coefficient (Wildman–Crippen LogP) is 4.99. The summed E-state index contributed by atoms with van der Waals surface area (Å²) in [5, 5.41) is 26.7. The number of nitriles is 2. The average Bonchev–Trinajstić information content (AvgIpc) is 2.85. The Morgan fingerprint density at radius 1 is 0.939 bits per heavy atom. The lowest BCUT2D eigenvalue weighted by molar-refractivity contribution is 0.480. The number of rotatable bonds is 6. The first-order valence-electron chi connectivity index (χ1n) is 10.2. The van der Waals surface area contributed by atoms with E-state index in [1.807, 2.05) is 36.4 Å². The standard InChI is InChI=1S/C26H18FN5O/c27-24-3-1-2-22(23(24)15-30)25-13-20(16-31-32-25)33-26-12-18(14-29)6-9-21(26)19-7-4-17(5-8-19)10-11-28/h1-9,12-13,16H,10-11,28H2. The Hall–Kier alpha value is -4.59. The van der Waals surface area contributed by atoms with Crippen molar-refractivity contribution in [3.05, 3.63) is 95.4 Å². The number of nitrogens with zero attached hydrogens (tertiary/aromatic N) is 4. The van der Waals surface area contributed by atoms with Crippen LogP contribution in [-0.2, 0) is 6.42 Å². The minimum Gasteiger partial charge on any atom is -0.455 e. The third-order valence-electron chi connectivity index (χ3n) is 5.07. The highest BCUT2D eigenvalue weighted by Gasteiger charge is 2.14. The molecule has 0 radical (unpaired) electrons. The molecule has 0 amide bonds. The van der Waals surface area contributed by atoms with E-state index >= 15 is 0 Å². The van der Waals surface area contributed by atoms with Gasteiger partial charge < -0.3 is 10.5 Å². The largest absolute Gasteiger partial charge is 0.455 e. The molecule has 0 spiro atoms. The zero-order valence-corrected chi connectivity index (χ0v) is 17.5. The molecule has 1 aromatic heterocycles. The fourth-order valence-electron chi connectivity index (χ4n) is 3.45. The Morgan fingerprint density at radius 2 is 1.76 bits per heavy atom. The van der Waals surface area contributed by atoms with Crippen molar-refractivity contribution in [1.82, 2.24) is 10.2 Å². The van der Waals surface area contributed by atoms with E-state index in [1.54, 1.807) is 24.3 Å². The molecule has 33 heavy (non-hydrogen) atoms. The molecular formula is C26H18FN5O. The van der Waals surface area contributed by atoms with Gasteiger partial charge in [-0.3, -0.25) is 0 Å². The van der Waals surface area contributed by atoms with Crippen molar-refractivity contribution >= 4 is 0 Å². The highest BCUT2D eigenvalue weighted by Crippen LogP contribution is 2.35. The van der Waals surface area contributed by atoms with E-state index in [0.717, 1.165) is 23.1 Å². The minimum atomic E-state index is -0.634. The highest BCUT2D eigenvalue weighted by molar-refractivity contribution is 5.73. The van der Waals surface area contributed by atoms with Crippen molar-refractivity contribution in [2.24, 2.45) is 5.73 Å². The third kappa shape index (κ3) is 4.69. The van der Waals surface area contributed by atoms with Crippen LogP contribution >= 0.6 is 0 Å². The quantitative estimate of drug-likeness (QED) is 0.457. The maximum absolute atomic E-state index is 14.0. The summed E-state index contributed by atoms with van der Waals surface area (Å²) in [5.74, 6) is 0.161. The van der Waals surface area contributed by atoms with Crippen molar-refractivity contribution in [3.8, 4) is 46.0 Å². The van der Waals surface area contributed by atoms with Gasteiger partial charge in [-0.05, 0) is 48.4 Å². The van der Waals surface area contributed by atoms with Crippen LogP contribution in [0.4, 0.5) is 4.39 Å². The number of nitrogens with two attached hydrogens (primary N) is 1. The molecule has 0 unspecified atom stereocenters. The first-order valence-corrected chi connectivity index (χ1v) is 10.2. The van der Waals surface area contributed by atoms with Crippen LogP contribution in [0.25, 0.3) is 22.4 Å². The Labute approximate surface area is 190 Å². The van der Waals surface area contributed by atoms with Crippen LogP contribution < -0.4 is 10.5 Å².